The fourth-order valence-corrected chi connectivity index (χ4v) is 5.79. The summed E-state index contributed by atoms with van der Waals surface area (Å²) in [5.74, 6) is -2.13. The Morgan fingerprint density at radius 3 is 2.35 bits per heavy atom. The van der Waals surface area contributed by atoms with Crippen molar-refractivity contribution in [2.24, 2.45) is 4.99 Å². The molecule has 228 valence electrons. The summed E-state index contributed by atoms with van der Waals surface area (Å²) >= 11 is 1.10. The van der Waals surface area contributed by atoms with Crippen LogP contribution >= 0.6 is 11.8 Å². The summed E-state index contributed by atoms with van der Waals surface area (Å²) in [4.78, 5) is 49.2. The van der Waals surface area contributed by atoms with Crippen molar-refractivity contribution < 1.29 is 29.7 Å². The van der Waals surface area contributed by atoms with Crippen LogP contribution in [0.2, 0.25) is 0 Å². The van der Waals surface area contributed by atoms with Crippen LogP contribution in [-0.2, 0) is 9.59 Å². The number of rotatable bonds is 7. The van der Waals surface area contributed by atoms with E-state index >= 15 is 0 Å². The first-order chi connectivity index (χ1) is 22.2. The Bertz CT molecular complexity index is 2060. The molecule has 0 bridgehead atoms. The number of pyridine rings is 1. The van der Waals surface area contributed by atoms with E-state index in [2.05, 4.69) is 15.3 Å². The van der Waals surface area contributed by atoms with Crippen LogP contribution in [0, 0.1) is 0 Å². The Labute approximate surface area is 267 Å². The Kier molecular flexibility index (Phi) is 8.23. The number of amides is 2. The Hall–Kier alpha value is -5.94. The first-order valence-electron chi connectivity index (χ1n) is 14.1. The zero-order valence-corrected chi connectivity index (χ0v) is 25.1. The number of para-hydroxylation sites is 2. The van der Waals surface area contributed by atoms with Crippen LogP contribution in [0.3, 0.4) is 0 Å². The standard InChI is InChI=1S/C35H26N4O6S/c1-20(32(42)36-23-14-11-21(12-15-23)29-19-27(34(44)45)26-9-5-6-10-28(26)37-29)46-35-38-30(17-22-13-16-25(40)18-31(22)41)33(43)39(35)24-7-3-2-4-8-24/h2-20,40-41H,1H3,(H,36,42)(H,44,45)/b30-17-. The number of phenolic OH excluding ortho intramolecular Hbond substituents is 2. The van der Waals surface area contributed by atoms with Gasteiger partial charge in [0.05, 0.1) is 27.7 Å². The summed E-state index contributed by atoms with van der Waals surface area (Å²) in [7, 11) is 0. The molecule has 11 heteroatoms. The number of aliphatic imine (C=N–C) groups is 1. The molecule has 46 heavy (non-hydrogen) atoms. The van der Waals surface area contributed by atoms with E-state index in [1.165, 1.54) is 35.2 Å². The van der Waals surface area contributed by atoms with E-state index in [1.807, 2.05) is 6.07 Å². The zero-order valence-electron chi connectivity index (χ0n) is 24.3. The minimum Gasteiger partial charge on any atom is -0.508 e. The van der Waals surface area contributed by atoms with Crippen molar-refractivity contribution >= 4 is 63.1 Å². The molecule has 4 aromatic carbocycles. The zero-order chi connectivity index (χ0) is 32.4. The minimum absolute atomic E-state index is 0.0592. The van der Waals surface area contributed by atoms with Gasteiger partial charge in [0.1, 0.15) is 17.2 Å². The molecule has 0 aliphatic carbocycles. The molecule has 10 nitrogen and oxygen atoms in total. The highest BCUT2D eigenvalue weighted by Gasteiger charge is 2.34. The third-order valence-corrected chi connectivity index (χ3v) is 8.25. The van der Waals surface area contributed by atoms with Crippen molar-refractivity contribution in [2.45, 2.75) is 12.2 Å². The second-order valence-corrected chi connectivity index (χ2v) is 11.7. The van der Waals surface area contributed by atoms with Gasteiger partial charge in [-0.3, -0.25) is 14.5 Å². The van der Waals surface area contributed by atoms with E-state index in [0.29, 0.717) is 39.1 Å². The van der Waals surface area contributed by atoms with Crippen molar-refractivity contribution in [1.29, 1.82) is 0 Å². The number of aromatic carboxylic acids is 1. The lowest BCUT2D eigenvalue weighted by atomic mass is 10.0. The third-order valence-electron chi connectivity index (χ3n) is 7.20. The van der Waals surface area contributed by atoms with Crippen molar-refractivity contribution in [3.05, 3.63) is 120 Å². The molecule has 0 radical (unpaired) electrons. The van der Waals surface area contributed by atoms with E-state index in [4.69, 9.17) is 0 Å². The molecule has 5 aromatic rings. The van der Waals surface area contributed by atoms with Crippen LogP contribution in [0.5, 0.6) is 11.5 Å². The molecule has 4 N–H and O–H groups in total. The number of carbonyl (C=O) groups excluding carboxylic acids is 2. The molecular formula is C35H26N4O6S. The van der Waals surface area contributed by atoms with Gasteiger partial charge in [-0.15, -0.1) is 0 Å². The maximum absolute atomic E-state index is 13.5. The number of fused-ring (bicyclic) bond motifs is 1. The SMILES string of the molecule is CC(SC1=N/C(=C\c2ccc(O)cc2O)C(=O)N1c1ccccc1)C(=O)Nc1ccc(-c2cc(C(=O)O)c3ccccc3n2)cc1. The van der Waals surface area contributed by atoms with Crippen molar-refractivity contribution in [3.63, 3.8) is 0 Å². The highest BCUT2D eigenvalue weighted by atomic mass is 32.2. The number of phenols is 2. The summed E-state index contributed by atoms with van der Waals surface area (Å²) in [6.45, 7) is 1.70. The van der Waals surface area contributed by atoms with Crippen molar-refractivity contribution in [1.82, 2.24) is 4.98 Å². The predicted octanol–water partition coefficient (Wildman–Crippen LogP) is 6.52. The first-order valence-corrected chi connectivity index (χ1v) is 15.0. The second-order valence-electron chi connectivity index (χ2n) is 10.3. The molecule has 0 saturated heterocycles. The summed E-state index contributed by atoms with van der Waals surface area (Å²) in [5.41, 5.74) is 3.34. The number of aromatic hydroxyl groups is 2. The number of carboxylic acid groups (broad SMARTS) is 1. The molecule has 6 rings (SSSR count). The van der Waals surface area contributed by atoms with Gasteiger partial charge in [-0.25, -0.2) is 14.8 Å². The molecule has 0 fully saturated rings. The number of benzene rings is 4. The average molecular weight is 631 g/mol. The monoisotopic (exact) mass is 630 g/mol. The first kappa shape index (κ1) is 30.1. The molecule has 1 aliphatic rings. The second kappa shape index (κ2) is 12.6. The van der Waals surface area contributed by atoms with E-state index in [1.54, 1.807) is 79.7 Å². The topological polar surface area (TPSA) is 152 Å². The highest BCUT2D eigenvalue weighted by Crippen LogP contribution is 2.33. The third kappa shape index (κ3) is 6.17. The molecule has 0 spiro atoms. The van der Waals surface area contributed by atoms with Gasteiger partial charge in [-0.1, -0.05) is 60.3 Å². The van der Waals surface area contributed by atoms with Gasteiger partial charge >= 0.3 is 5.97 Å². The number of aromatic nitrogens is 1. The van der Waals surface area contributed by atoms with Crippen LogP contribution < -0.4 is 10.2 Å². The maximum atomic E-state index is 13.5. The molecular weight excluding hydrogens is 604 g/mol. The normalized spacial score (nSPS) is 14.4. The quantitative estimate of drug-likeness (QED) is 0.148. The number of carboxylic acids is 1. The lowest BCUT2D eigenvalue weighted by Gasteiger charge is -2.20. The number of anilines is 2. The number of carbonyl (C=O) groups is 3. The Balaban J connectivity index is 1.21. The van der Waals surface area contributed by atoms with Gasteiger partial charge < -0.3 is 20.6 Å². The molecule has 2 amide bonds. The van der Waals surface area contributed by atoms with Crippen LogP contribution in [0.25, 0.3) is 28.2 Å². The highest BCUT2D eigenvalue weighted by molar-refractivity contribution is 8.15. The van der Waals surface area contributed by atoms with Gasteiger partial charge in [0.15, 0.2) is 5.17 Å². The van der Waals surface area contributed by atoms with Gasteiger partial charge in [-0.2, -0.15) is 0 Å². The summed E-state index contributed by atoms with van der Waals surface area (Å²) in [6.07, 6.45) is 1.43. The van der Waals surface area contributed by atoms with Gasteiger partial charge in [-0.05, 0) is 61.5 Å². The van der Waals surface area contributed by atoms with Gasteiger partial charge in [0.25, 0.3) is 5.91 Å². The largest absolute Gasteiger partial charge is 0.508 e. The molecule has 1 aromatic heterocycles. The predicted molar refractivity (Wildman–Crippen MR) is 179 cm³/mol. The molecule has 1 aliphatic heterocycles. The van der Waals surface area contributed by atoms with Crippen molar-refractivity contribution in [2.75, 3.05) is 10.2 Å². The molecule has 1 atom stereocenters. The Morgan fingerprint density at radius 2 is 1.63 bits per heavy atom. The number of hydrogen-bond donors (Lipinski definition) is 4. The number of nitrogens with one attached hydrogen (secondary N) is 1. The molecule has 1 unspecified atom stereocenters. The summed E-state index contributed by atoms with van der Waals surface area (Å²) < 4.78 is 0. The average Bonchev–Trinajstić information content (AvgIpc) is 3.36. The number of hydrogen-bond acceptors (Lipinski definition) is 8. The number of nitrogens with zero attached hydrogens (tertiary/aromatic N) is 3. The van der Waals surface area contributed by atoms with Gasteiger partial charge in [0.2, 0.25) is 5.91 Å². The fourth-order valence-electron chi connectivity index (χ4n) is 4.86. The maximum Gasteiger partial charge on any atom is 0.336 e. The molecule has 2 heterocycles. The lowest BCUT2D eigenvalue weighted by Crippen LogP contribution is -2.33. The van der Waals surface area contributed by atoms with Crippen LogP contribution in [-0.4, -0.2) is 48.5 Å². The number of thioether (sulfide) groups is 1. The minimum atomic E-state index is -1.05. The fraction of sp³-hybridized carbons (Fsp3) is 0.0571. The van der Waals surface area contributed by atoms with Crippen LogP contribution in [0.1, 0.15) is 22.8 Å². The molecule has 0 saturated carbocycles. The van der Waals surface area contributed by atoms with E-state index in [-0.39, 0.29) is 33.8 Å². The van der Waals surface area contributed by atoms with Crippen LogP contribution in [0.4, 0.5) is 11.4 Å². The number of amidine groups is 1. The summed E-state index contributed by atoms with van der Waals surface area (Å²) in [6, 6.07) is 28.4. The summed E-state index contributed by atoms with van der Waals surface area (Å²) in [5, 5.41) is 32.6. The Morgan fingerprint density at radius 1 is 0.913 bits per heavy atom. The van der Waals surface area contributed by atoms with Crippen molar-refractivity contribution in [3.8, 4) is 22.8 Å². The van der Waals surface area contributed by atoms with Crippen LogP contribution in [0.15, 0.2) is 114 Å². The van der Waals surface area contributed by atoms with E-state index in [9.17, 15) is 29.7 Å². The van der Waals surface area contributed by atoms with E-state index in [0.717, 1.165) is 11.8 Å². The smallest absolute Gasteiger partial charge is 0.336 e. The lowest BCUT2D eigenvalue weighted by molar-refractivity contribution is -0.115. The van der Waals surface area contributed by atoms with E-state index < -0.39 is 17.1 Å². The van der Waals surface area contributed by atoms with Gasteiger partial charge in [0, 0.05) is 28.3 Å².